The van der Waals surface area contributed by atoms with Crippen molar-refractivity contribution in [2.45, 2.75) is 128 Å². The Labute approximate surface area is 245 Å². The summed E-state index contributed by atoms with van der Waals surface area (Å²) in [7, 11) is -4.40. The number of carbonyl (C=O) groups excluding carboxylic acids is 2. The molecule has 2 aliphatic rings. The highest BCUT2D eigenvalue weighted by Gasteiger charge is 2.52. The first-order chi connectivity index (χ1) is 18.8. The predicted molar refractivity (Wildman–Crippen MR) is 156 cm³/mol. The molecular weight excluding hydrogens is 547 g/mol. The average Bonchev–Trinajstić information content (AvgIpc) is 3.07. The molecule has 11 nitrogen and oxygen atoms in total. The number of aromatic nitrogens is 2. The first-order valence-corrected chi connectivity index (χ1v) is 16.2. The Morgan fingerprint density at radius 2 is 1.71 bits per heavy atom. The Hall–Kier alpha value is -2.25. The second kappa shape index (κ2) is 12.5. The van der Waals surface area contributed by atoms with E-state index < -0.39 is 45.9 Å². The minimum atomic E-state index is -3.73. The molecule has 1 N–H and O–H groups in total. The largest absolute Gasteiger partial charge is 0.498 e. The van der Waals surface area contributed by atoms with Gasteiger partial charge in [0.2, 0.25) is 20.9 Å². The highest BCUT2D eigenvalue weighted by molar-refractivity contribution is 7.91. The van der Waals surface area contributed by atoms with Crippen molar-refractivity contribution in [2.75, 3.05) is 12.3 Å². The minimum Gasteiger partial charge on any atom is -0.444 e. The number of sulfone groups is 1. The van der Waals surface area contributed by atoms with Gasteiger partial charge in [-0.3, -0.25) is 4.79 Å². The van der Waals surface area contributed by atoms with E-state index in [1.807, 2.05) is 41.5 Å². The van der Waals surface area contributed by atoms with E-state index in [4.69, 9.17) is 14.0 Å². The van der Waals surface area contributed by atoms with Crippen LogP contribution >= 0.6 is 0 Å². The van der Waals surface area contributed by atoms with Gasteiger partial charge in [0.15, 0.2) is 0 Å². The minimum absolute atomic E-state index is 0.111. The third-order valence-corrected chi connectivity index (χ3v) is 9.51. The number of piperidine rings is 1. The zero-order valence-electron chi connectivity index (χ0n) is 26.0. The fraction of sp³-hybridized carbons (Fsp3) is 0.786. The number of nitrogens with one attached hydrogen (secondary N) is 1. The summed E-state index contributed by atoms with van der Waals surface area (Å²) in [4.78, 5) is 36.0. The lowest BCUT2D eigenvalue weighted by Crippen LogP contribution is -2.55. The molecule has 1 aromatic rings. The van der Waals surface area contributed by atoms with E-state index in [1.54, 1.807) is 25.7 Å². The Kier molecular flexibility index (Phi) is 10.2. The molecule has 2 atom stereocenters. The number of rotatable bonds is 9. The maximum atomic E-state index is 13.6. The van der Waals surface area contributed by atoms with E-state index in [0.717, 1.165) is 19.3 Å². The second-order valence-electron chi connectivity index (χ2n) is 13.4. The molecule has 0 radical (unpaired) electrons. The number of likely N-dealkylation sites (tertiary alicyclic amines) is 1. The molecule has 0 saturated carbocycles. The Balaban J connectivity index is 1.61. The van der Waals surface area contributed by atoms with Crippen LogP contribution in [-0.2, 0) is 28.7 Å². The summed E-state index contributed by atoms with van der Waals surface area (Å²) in [5.41, 5.74) is -1.18. The van der Waals surface area contributed by atoms with Crippen LogP contribution in [0, 0.1) is 5.92 Å². The van der Waals surface area contributed by atoms with Crippen molar-refractivity contribution >= 4 is 34.4 Å². The van der Waals surface area contributed by atoms with Gasteiger partial charge in [0.25, 0.3) is 0 Å². The van der Waals surface area contributed by atoms with E-state index in [9.17, 15) is 18.0 Å². The predicted octanol–water partition coefficient (Wildman–Crippen LogP) is 3.26. The fourth-order valence-corrected chi connectivity index (χ4v) is 6.06. The number of hydrogen-bond acceptors (Lipinski definition) is 9. The van der Waals surface area contributed by atoms with Gasteiger partial charge in [-0.05, 0) is 86.5 Å². The van der Waals surface area contributed by atoms with Crippen LogP contribution in [0.15, 0.2) is 17.6 Å². The summed E-state index contributed by atoms with van der Waals surface area (Å²) in [5, 5.41) is 2.50. The van der Waals surface area contributed by atoms with Gasteiger partial charge in [0, 0.05) is 30.4 Å². The number of alkyl carbamates (subject to hydrolysis) is 1. The number of hydrogen-bond donors (Lipinski definition) is 1. The van der Waals surface area contributed by atoms with Crippen LogP contribution in [0.1, 0.15) is 94.4 Å². The lowest BCUT2D eigenvalue weighted by molar-refractivity contribution is -0.138. The van der Waals surface area contributed by atoms with Gasteiger partial charge in [0.1, 0.15) is 11.6 Å². The second-order valence-corrected chi connectivity index (χ2v) is 15.4. The van der Waals surface area contributed by atoms with E-state index in [0.29, 0.717) is 24.8 Å². The molecule has 1 aromatic heterocycles. The Bertz CT molecular complexity index is 1170. The molecule has 41 heavy (non-hydrogen) atoms. The first kappa shape index (κ1) is 33.3. The molecule has 0 aromatic carbocycles. The summed E-state index contributed by atoms with van der Waals surface area (Å²) >= 11 is 0. The first-order valence-electron chi connectivity index (χ1n) is 14.5. The molecule has 2 aliphatic heterocycles. The van der Waals surface area contributed by atoms with Gasteiger partial charge < -0.3 is 24.3 Å². The van der Waals surface area contributed by atoms with Crippen LogP contribution in [-0.4, -0.2) is 83.6 Å². The van der Waals surface area contributed by atoms with Crippen molar-refractivity contribution in [3.63, 3.8) is 0 Å². The molecule has 2 fully saturated rings. The summed E-state index contributed by atoms with van der Waals surface area (Å²) < 4.78 is 43.4. The van der Waals surface area contributed by atoms with E-state index in [-0.39, 0.29) is 28.8 Å². The van der Waals surface area contributed by atoms with E-state index in [2.05, 4.69) is 15.3 Å². The van der Waals surface area contributed by atoms with Crippen molar-refractivity contribution in [3.8, 4) is 0 Å². The van der Waals surface area contributed by atoms with Crippen molar-refractivity contribution in [3.05, 3.63) is 12.4 Å². The van der Waals surface area contributed by atoms with Crippen molar-refractivity contribution in [1.82, 2.24) is 20.2 Å². The van der Waals surface area contributed by atoms with E-state index in [1.165, 1.54) is 12.4 Å². The number of amides is 2. The van der Waals surface area contributed by atoms with Crippen molar-refractivity contribution in [2.24, 2.45) is 5.92 Å². The van der Waals surface area contributed by atoms with Crippen LogP contribution in [0.5, 0.6) is 0 Å². The zero-order valence-corrected chi connectivity index (χ0v) is 26.8. The van der Waals surface area contributed by atoms with Gasteiger partial charge in [-0.25, -0.2) is 23.2 Å². The third-order valence-electron chi connectivity index (χ3n) is 7.92. The van der Waals surface area contributed by atoms with Crippen LogP contribution in [0.4, 0.5) is 4.79 Å². The molecular formula is C28H47BN4O7S. The molecule has 0 spiro atoms. The highest BCUT2D eigenvalue weighted by Crippen LogP contribution is 2.36. The van der Waals surface area contributed by atoms with Crippen LogP contribution in [0.2, 0.25) is 0 Å². The topological polar surface area (TPSA) is 137 Å². The fourth-order valence-electron chi connectivity index (χ4n) is 4.91. The number of nitrogens with zero attached hydrogens (tertiary/aromatic N) is 3. The lowest BCUT2D eigenvalue weighted by atomic mass is 9.81. The maximum Gasteiger partial charge on any atom is 0.498 e. The SMILES string of the molecule is CC(C)[C@H](NC(=O)OC(C)(C)C)C(=O)N1CCCC[C@@H]1CCCS(=O)(=O)c1ncc(B2OC(C)(C)C(C)(C)O2)cn1. The zero-order chi connectivity index (χ0) is 30.8. The van der Waals surface area contributed by atoms with E-state index >= 15 is 0 Å². The quantitative estimate of drug-likeness (QED) is 0.337. The normalized spacial score (nSPS) is 21.6. The molecule has 2 saturated heterocycles. The van der Waals surface area contributed by atoms with Gasteiger partial charge >= 0.3 is 13.2 Å². The molecule has 3 heterocycles. The molecule has 0 bridgehead atoms. The summed E-state index contributed by atoms with van der Waals surface area (Å²) in [6.45, 7) is 17.4. The molecule has 0 unspecified atom stereocenters. The highest BCUT2D eigenvalue weighted by atomic mass is 32.2. The molecule has 230 valence electrons. The number of ether oxygens (including phenoxy) is 1. The van der Waals surface area contributed by atoms with Gasteiger partial charge in [-0.2, -0.15) is 0 Å². The summed E-state index contributed by atoms with van der Waals surface area (Å²) in [6.07, 6.45) is 5.72. The Morgan fingerprint density at radius 1 is 1.12 bits per heavy atom. The monoisotopic (exact) mass is 594 g/mol. The molecule has 2 amide bonds. The standard InChI is InChI=1S/C28H47BN4O7S/c1-19(2)22(32-25(35)38-26(3,4)5)23(34)33-15-11-10-13-21(33)14-12-16-41(36,37)24-30-17-20(18-31-24)29-39-27(6,7)28(8,9)40-29/h17-19,21-22H,10-16H2,1-9H3,(H,32,35)/t21-,22+/m1/s1. The maximum absolute atomic E-state index is 13.6. The molecule has 0 aliphatic carbocycles. The summed E-state index contributed by atoms with van der Waals surface area (Å²) in [6, 6.07) is -0.843. The average molecular weight is 595 g/mol. The summed E-state index contributed by atoms with van der Waals surface area (Å²) in [5.74, 6) is -0.444. The van der Waals surface area contributed by atoms with Gasteiger partial charge in [0.05, 0.1) is 17.0 Å². The van der Waals surface area contributed by atoms with Gasteiger partial charge in [-0.15, -0.1) is 0 Å². The smallest absolute Gasteiger partial charge is 0.444 e. The molecule has 13 heteroatoms. The van der Waals surface area contributed by atoms with Crippen LogP contribution in [0.25, 0.3) is 0 Å². The van der Waals surface area contributed by atoms with Crippen molar-refractivity contribution in [1.29, 1.82) is 0 Å². The van der Waals surface area contributed by atoms with Gasteiger partial charge in [-0.1, -0.05) is 13.8 Å². The Morgan fingerprint density at radius 3 is 2.24 bits per heavy atom. The number of carbonyl (C=O) groups is 2. The van der Waals surface area contributed by atoms with Crippen LogP contribution in [0.3, 0.4) is 0 Å². The third kappa shape index (κ3) is 8.41. The van der Waals surface area contributed by atoms with Crippen LogP contribution < -0.4 is 10.8 Å². The molecule has 3 rings (SSSR count). The lowest BCUT2D eigenvalue weighted by Gasteiger charge is -2.39. The van der Waals surface area contributed by atoms with Crippen molar-refractivity contribution < 1.29 is 32.1 Å².